The number of nitrogens with zero attached hydrogens (tertiary/aromatic N) is 3. The molecule has 6 heteroatoms. The number of amidine groups is 1. The van der Waals surface area contributed by atoms with Crippen LogP contribution < -0.4 is 0 Å². The Hall–Kier alpha value is -2.86. The quantitative estimate of drug-likeness (QED) is 0.602. The van der Waals surface area contributed by atoms with E-state index >= 15 is 0 Å². The van der Waals surface area contributed by atoms with Gasteiger partial charge in [-0.15, -0.1) is 5.10 Å². The molecule has 3 rings (SSSR count). The van der Waals surface area contributed by atoms with Gasteiger partial charge in [0.1, 0.15) is 29.1 Å². The third-order valence-corrected chi connectivity index (χ3v) is 5.03. The zero-order valence-electron chi connectivity index (χ0n) is 16.3. The molecular weight excluding hydrogens is 354 g/mol. The van der Waals surface area contributed by atoms with Gasteiger partial charge >= 0.3 is 0 Å². The van der Waals surface area contributed by atoms with Gasteiger partial charge < -0.3 is 10.2 Å². The molecule has 1 aliphatic heterocycles. The summed E-state index contributed by atoms with van der Waals surface area (Å²) < 4.78 is 0. The zero-order chi connectivity index (χ0) is 20.1. The molecule has 1 atom stereocenters. The lowest BCUT2D eigenvalue weighted by molar-refractivity contribution is -0.0366. The van der Waals surface area contributed by atoms with E-state index in [4.69, 9.17) is 0 Å². The molecule has 148 valence electrons. The topological polar surface area (TPSA) is 88.7 Å². The Morgan fingerprint density at radius 1 is 0.964 bits per heavy atom. The van der Waals surface area contributed by atoms with Gasteiger partial charge in [-0.3, -0.25) is 5.21 Å². The second kappa shape index (κ2) is 8.89. The van der Waals surface area contributed by atoms with E-state index in [-0.39, 0.29) is 11.5 Å². The lowest BCUT2D eigenvalue weighted by atomic mass is 9.92. The van der Waals surface area contributed by atoms with Crippen molar-refractivity contribution in [3.8, 4) is 11.5 Å². The fraction of sp³-hybridized carbons (Fsp3) is 0.364. The Morgan fingerprint density at radius 3 is 2.43 bits per heavy atom. The van der Waals surface area contributed by atoms with E-state index in [1.54, 1.807) is 13.0 Å². The number of phenols is 2. The van der Waals surface area contributed by atoms with Crippen LogP contribution in [-0.4, -0.2) is 32.0 Å². The summed E-state index contributed by atoms with van der Waals surface area (Å²) in [4.78, 5) is 0. The monoisotopic (exact) mass is 381 g/mol. The van der Waals surface area contributed by atoms with E-state index in [1.165, 1.54) is 6.07 Å². The molecular formula is C22H27N3O3. The van der Waals surface area contributed by atoms with Crippen LogP contribution in [0.4, 0.5) is 0 Å². The lowest BCUT2D eigenvalue weighted by Gasteiger charge is -2.31. The first kappa shape index (κ1) is 19.9. The first-order chi connectivity index (χ1) is 13.5. The summed E-state index contributed by atoms with van der Waals surface area (Å²) in [7, 11) is 0. The van der Waals surface area contributed by atoms with Gasteiger partial charge in [0.2, 0.25) is 0 Å². The van der Waals surface area contributed by atoms with Crippen LogP contribution in [0.1, 0.15) is 62.3 Å². The maximum absolute atomic E-state index is 10.7. The number of hydrogen-bond donors (Lipinski definition) is 3. The largest absolute Gasteiger partial charge is 0.508 e. The summed E-state index contributed by atoms with van der Waals surface area (Å²) >= 11 is 0. The van der Waals surface area contributed by atoms with Gasteiger partial charge in [0, 0.05) is 17.2 Å². The molecule has 0 fully saturated rings. The molecule has 0 saturated carbocycles. The van der Waals surface area contributed by atoms with Gasteiger partial charge in [-0.2, -0.15) is 5.10 Å². The standard InChI is InChI=1S/C22H27N3O3/c1-3-4-5-7-12-17-13-18(20(27)14-19(17)26)22-21(16-10-8-6-9-11-16)24-23-15(2)25(22)28/h6,8-11,13-14,22,26-28H,3-5,7,12H2,1-2H3/t22-/m1/s1. The van der Waals surface area contributed by atoms with Crippen LogP contribution >= 0.6 is 0 Å². The molecule has 0 unspecified atom stereocenters. The molecule has 28 heavy (non-hydrogen) atoms. The SMILES string of the molecule is CCCCCCc1cc([C@@H]2C(c3ccccc3)=NN=C(C)N2O)c(O)cc1O. The highest BCUT2D eigenvalue weighted by Crippen LogP contribution is 2.37. The molecule has 0 radical (unpaired) electrons. The summed E-state index contributed by atoms with van der Waals surface area (Å²) in [6.07, 6.45) is 5.05. The fourth-order valence-electron chi connectivity index (χ4n) is 3.44. The highest BCUT2D eigenvalue weighted by Gasteiger charge is 2.33. The molecule has 0 aromatic heterocycles. The molecule has 2 aromatic rings. The average Bonchev–Trinajstić information content (AvgIpc) is 2.70. The van der Waals surface area contributed by atoms with Crippen LogP contribution in [0.2, 0.25) is 0 Å². The van der Waals surface area contributed by atoms with E-state index in [0.717, 1.165) is 41.9 Å². The van der Waals surface area contributed by atoms with Gasteiger partial charge in [-0.25, -0.2) is 5.06 Å². The van der Waals surface area contributed by atoms with Crippen LogP contribution in [0, 0.1) is 0 Å². The summed E-state index contributed by atoms with van der Waals surface area (Å²) in [5.41, 5.74) is 2.58. The smallest absolute Gasteiger partial charge is 0.149 e. The van der Waals surface area contributed by atoms with Crippen LogP contribution in [0.5, 0.6) is 11.5 Å². The van der Waals surface area contributed by atoms with Crippen LogP contribution in [-0.2, 0) is 6.42 Å². The summed E-state index contributed by atoms with van der Waals surface area (Å²) in [6, 6.07) is 11.9. The van der Waals surface area contributed by atoms with E-state index < -0.39 is 6.04 Å². The second-order valence-corrected chi connectivity index (χ2v) is 7.10. The van der Waals surface area contributed by atoms with E-state index in [9.17, 15) is 15.4 Å². The Morgan fingerprint density at radius 2 is 1.71 bits per heavy atom. The molecule has 2 aromatic carbocycles. The number of aromatic hydroxyl groups is 2. The Labute approximate surface area is 165 Å². The number of benzene rings is 2. The lowest BCUT2D eigenvalue weighted by Crippen LogP contribution is -2.38. The molecule has 6 nitrogen and oxygen atoms in total. The first-order valence-electron chi connectivity index (χ1n) is 9.73. The van der Waals surface area contributed by atoms with E-state index in [1.807, 2.05) is 30.3 Å². The highest BCUT2D eigenvalue weighted by atomic mass is 16.5. The van der Waals surface area contributed by atoms with Crippen molar-refractivity contribution in [2.45, 2.75) is 52.0 Å². The minimum Gasteiger partial charge on any atom is -0.508 e. The molecule has 0 saturated heterocycles. The number of phenolic OH excluding ortho intramolecular Hbond substituents is 2. The molecule has 1 aliphatic rings. The molecule has 0 spiro atoms. The van der Waals surface area contributed by atoms with Gasteiger partial charge in [0.05, 0.1) is 0 Å². The Kier molecular flexibility index (Phi) is 6.31. The van der Waals surface area contributed by atoms with Crippen molar-refractivity contribution in [1.29, 1.82) is 0 Å². The fourth-order valence-corrected chi connectivity index (χ4v) is 3.44. The van der Waals surface area contributed by atoms with Crippen molar-refractivity contribution in [3.63, 3.8) is 0 Å². The van der Waals surface area contributed by atoms with Crippen molar-refractivity contribution < 1.29 is 15.4 Å². The summed E-state index contributed by atoms with van der Waals surface area (Å²) in [5.74, 6) is 0.320. The molecule has 1 heterocycles. The third kappa shape index (κ3) is 4.17. The van der Waals surface area contributed by atoms with Gasteiger partial charge in [0.15, 0.2) is 0 Å². The van der Waals surface area contributed by atoms with Crippen molar-refractivity contribution in [2.24, 2.45) is 10.2 Å². The van der Waals surface area contributed by atoms with Crippen molar-refractivity contribution in [3.05, 3.63) is 59.2 Å². The normalized spacial score (nSPS) is 16.7. The van der Waals surface area contributed by atoms with Gasteiger partial charge in [-0.05, 0) is 31.4 Å². The average molecular weight is 381 g/mol. The minimum atomic E-state index is -0.713. The maximum Gasteiger partial charge on any atom is 0.149 e. The predicted molar refractivity (Wildman–Crippen MR) is 110 cm³/mol. The van der Waals surface area contributed by atoms with Crippen LogP contribution in [0.15, 0.2) is 52.7 Å². The molecule has 0 aliphatic carbocycles. The van der Waals surface area contributed by atoms with E-state index in [2.05, 4.69) is 17.1 Å². The Balaban J connectivity index is 1.99. The number of hydrogen-bond acceptors (Lipinski definition) is 6. The minimum absolute atomic E-state index is 0.0710. The molecule has 0 amide bonds. The van der Waals surface area contributed by atoms with Crippen molar-refractivity contribution in [1.82, 2.24) is 5.06 Å². The summed E-state index contributed by atoms with van der Waals surface area (Å²) in [5, 5.41) is 40.9. The third-order valence-electron chi connectivity index (χ3n) is 5.03. The second-order valence-electron chi connectivity index (χ2n) is 7.10. The molecule has 0 bridgehead atoms. The molecule has 3 N–H and O–H groups in total. The van der Waals surface area contributed by atoms with Crippen molar-refractivity contribution >= 4 is 11.5 Å². The number of rotatable bonds is 7. The zero-order valence-corrected chi connectivity index (χ0v) is 16.3. The van der Waals surface area contributed by atoms with Gasteiger partial charge in [0.25, 0.3) is 0 Å². The predicted octanol–water partition coefficient (Wildman–Crippen LogP) is 4.79. The number of hydroxylamine groups is 2. The highest BCUT2D eigenvalue weighted by molar-refractivity contribution is 6.08. The van der Waals surface area contributed by atoms with Crippen LogP contribution in [0.3, 0.4) is 0 Å². The first-order valence-corrected chi connectivity index (χ1v) is 9.73. The maximum atomic E-state index is 10.7. The van der Waals surface area contributed by atoms with Crippen molar-refractivity contribution in [2.75, 3.05) is 0 Å². The number of aryl methyl sites for hydroxylation is 1. The summed E-state index contributed by atoms with van der Waals surface area (Å²) in [6.45, 7) is 3.81. The number of unbranched alkanes of at least 4 members (excludes halogenated alkanes) is 3. The van der Waals surface area contributed by atoms with Gasteiger partial charge in [-0.1, -0.05) is 56.5 Å². The Bertz CT molecular complexity index is 878. The van der Waals surface area contributed by atoms with E-state index in [0.29, 0.717) is 23.5 Å². The van der Waals surface area contributed by atoms with Crippen LogP contribution in [0.25, 0.3) is 0 Å².